The molecular formula is C15H16Cl2N2. The van der Waals surface area contributed by atoms with Crippen LogP contribution in [0.3, 0.4) is 0 Å². The zero-order valence-electron chi connectivity index (χ0n) is 11.0. The van der Waals surface area contributed by atoms with E-state index in [0.29, 0.717) is 10.9 Å². The molecule has 0 amide bonds. The van der Waals surface area contributed by atoms with Crippen molar-refractivity contribution in [3.63, 3.8) is 0 Å². The normalized spacial score (nSPS) is 10.5. The maximum Gasteiger partial charge on any atom is 0.133 e. The van der Waals surface area contributed by atoms with Crippen molar-refractivity contribution in [2.45, 2.75) is 19.7 Å². The van der Waals surface area contributed by atoms with Crippen molar-refractivity contribution < 1.29 is 0 Å². The molecule has 2 rings (SSSR count). The standard InChI is InChI=1S/C15H16Cl2N2/c1-3-19(13-6-4-5-11(2)7-13)15-8-12(9-16)14(17)10-18-15/h4-8,10H,3,9H2,1-2H3. The van der Waals surface area contributed by atoms with Crippen LogP contribution < -0.4 is 4.90 Å². The van der Waals surface area contributed by atoms with Crippen molar-refractivity contribution in [3.8, 4) is 0 Å². The molecule has 0 fully saturated rings. The number of alkyl halides is 1. The lowest BCUT2D eigenvalue weighted by molar-refractivity contribution is 0.985. The van der Waals surface area contributed by atoms with E-state index in [0.717, 1.165) is 23.6 Å². The van der Waals surface area contributed by atoms with Gasteiger partial charge in [-0.2, -0.15) is 0 Å². The molecule has 0 atom stereocenters. The summed E-state index contributed by atoms with van der Waals surface area (Å²) in [6.07, 6.45) is 1.66. The number of hydrogen-bond donors (Lipinski definition) is 0. The highest BCUT2D eigenvalue weighted by Gasteiger charge is 2.11. The maximum absolute atomic E-state index is 6.05. The van der Waals surface area contributed by atoms with E-state index in [9.17, 15) is 0 Å². The molecule has 0 saturated carbocycles. The Morgan fingerprint density at radius 2 is 2.05 bits per heavy atom. The van der Waals surface area contributed by atoms with Gasteiger partial charge in [0.1, 0.15) is 5.82 Å². The van der Waals surface area contributed by atoms with E-state index in [2.05, 4.69) is 41.9 Å². The lowest BCUT2D eigenvalue weighted by Gasteiger charge is -2.23. The van der Waals surface area contributed by atoms with Gasteiger partial charge in [-0.05, 0) is 43.2 Å². The van der Waals surface area contributed by atoms with Crippen LogP contribution in [0.2, 0.25) is 5.02 Å². The predicted octanol–water partition coefficient (Wildman–Crippen LogP) is 4.94. The first-order valence-electron chi connectivity index (χ1n) is 6.20. The Labute approximate surface area is 124 Å². The molecule has 0 unspecified atom stereocenters. The summed E-state index contributed by atoms with van der Waals surface area (Å²) in [6.45, 7) is 5.01. The van der Waals surface area contributed by atoms with Gasteiger partial charge in [-0.3, -0.25) is 0 Å². The van der Waals surface area contributed by atoms with Gasteiger partial charge in [0.05, 0.1) is 5.02 Å². The molecule has 1 aromatic carbocycles. The molecule has 19 heavy (non-hydrogen) atoms. The smallest absolute Gasteiger partial charge is 0.133 e. The Hall–Kier alpha value is -1.25. The van der Waals surface area contributed by atoms with Crippen LogP contribution in [0.5, 0.6) is 0 Å². The largest absolute Gasteiger partial charge is 0.327 e. The van der Waals surface area contributed by atoms with Gasteiger partial charge < -0.3 is 4.90 Å². The van der Waals surface area contributed by atoms with Gasteiger partial charge in [0.25, 0.3) is 0 Å². The zero-order chi connectivity index (χ0) is 13.8. The molecule has 0 saturated heterocycles. The van der Waals surface area contributed by atoms with Crippen molar-refractivity contribution in [1.82, 2.24) is 4.98 Å². The highest BCUT2D eigenvalue weighted by Crippen LogP contribution is 2.27. The minimum absolute atomic E-state index is 0.389. The van der Waals surface area contributed by atoms with Crippen LogP contribution in [-0.4, -0.2) is 11.5 Å². The van der Waals surface area contributed by atoms with Gasteiger partial charge in [0, 0.05) is 24.3 Å². The minimum Gasteiger partial charge on any atom is -0.327 e. The first-order chi connectivity index (χ1) is 9.15. The minimum atomic E-state index is 0.389. The third-order valence-electron chi connectivity index (χ3n) is 2.97. The predicted molar refractivity (Wildman–Crippen MR) is 82.7 cm³/mol. The molecular weight excluding hydrogens is 279 g/mol. The van der Waals surface area contributed by atoms with E-state index in [1.807, 2.05) is 12.1 Å². The summed E-state index contributed by atoms with van der Waals surface area (Å²) in [6, 6.07) is 10.3. The summed E-state index contributed by atoms with van der Waals surface area (Å²) in [7, 11) is 0. The van der Waals surface area contributed by atoms with Gasteiger partial charge in [0.15, 0.2) is 0 Å². The Balaban J connectivity index is 2.42. The molecule has 2 nitrogen and oxygen atoms in total. The quantitative estimate of drug-likeness (QED) is 0.743. The highest BCUT2D eigenvalue weighted by molar-refractivity contribution is 6.32. The summed E-state index contributed by atoms with van der Waals surface area (Å²) < 4.78 is 0. The number of hydrogen-bond acceptors (Lipinski definition) is 2. The second-order valence-corrected chi connectivity index (χ2v) is 5.03. The molecule has 0 aliphatic carbocycles. The Morgan fingerprint density at radius 3 is 2.68 bits per heavy atom. The number of pyridine rings is 1. The van der Waals surface area contributed by atoms with Crippen LogP contribution in [0.1, 0.15) is 18.1 Å². The Bertz CT molecular complexity index is 570. The molecule has 1 heterocycles. The van der Waals surface area contributed by atoms with E-state index in [1.54, 1.807) is 6.20 Å². The first-order valence-corrected chi connectivity index (χ1v) is 7.11. The van der Waals surface area contributed by atoms with Crippen LogP contribution >= 0.6 is 23.2 Å². The molecule has 2 aromatic rings. The fourth-order valence-corrected chi connectivity index (χ4v) is 2.45. The van der Waals surface area contributed by atoms with Crippen molar-refractivity contribution in [2.24, 2.45) is 0 Å². The molecule has 100 valence electrons. The van der Waals surface area contributed by atoms with Gasteiger partial charge >= 0.3 is 0 Å². The second kappa shape index (κ2) is 6.27. The monoisotopic (exact) mass is 294 g/mol. The third kappa shape index (κ3) is 3.20. The highest BCUT2D eigenvalue weighted by atomic mass is 35.5. The van der Waals surface area contributed by atoms with E-state index in [-0.39, 0.29) is 0 Å². The molecule has 4 heteroatoms. The van der Waals surface area contributed by atoms with Crippen LogP contribution in [0.4, 0.5) is 11.5 Å². The van der Waals surface area contributed by atoms with Crippen molar-refractivity contribution >= 4 is 34.7 Å². The lowest BCUT2D eigenvalue weighted by atomic mass is 10.2. The van der Waals surface area contributed by atoms with Crippen LogP contribution in [0.25, 0.3) is 0 Å². The van der Waals surface area contributed by atoms with Crippen molar-refractivity contribution in [2.75, 3.05) is 11.4 Å². The summed E-state index contributed by atoms with van der Waals surface area (Å²) in [5, 5.41) is 0.610. The molecule has 0 aliphatic rings. The average molecular weight is 295 g/mol. The number of aryl methyl sites for hydroxylation is 1. The molecule has 0 radical (unpaired) electrons. The van der Waals surface area contributed by atoms with Gasteiger partial charge in [-0.1, -0.05) is 23.7 Å². The van der Waals surface area contributed by atoms with E-state index in [4.69, 9.17) is 23.2 Å². The number of aromatic nitrogens is 1. The fraction of sp³-hybridized carbons (Fsp3) is 0.267. The number of benzene rings is 1. The SMILES string of the molecule is CCN(c1cccc(C)c1)c1cc(CCl)c(Cl)cn1. The average Bonchev–Trinajstić information content (AvgIpc) is 2.41. The fourth-order valence-electron chi connectivity index (χ4n) is 1.99. The van der Waals surface area contributed by atoms with Gasteiger partial charge in [-0.15, -0.1) is 11.6 Å². The van der Waals surface area contributed by atoms with Crippen LogP contribution in [0.15, 0.2) is 36.5 Å². The Kier molecular flexibility index (Phi) is 4.67. The molecule has 0 bridgehead atoms. The van der Waals surface area contributed by atoms with Crippen LogP contribution in [-0.2, 0) is 5.88 Å². The Morgan fingerprint density at radius 1 is 1.26 bits per heavy atom. The molecule has 0 spiro atoms. The summed E-state index contributed by atoms with van der Waals surface area (Å²) in [5.41, 5.74) is 3.25. The van der Waals surface area contributed by atoms with Crippen LogP contribution in [0, 0.1) is 6.92 Å². The topological polar surface area (TPSA) is 16.1 Å². The molecule has 0 aliphatic heterocycles. The number of nitrogens with zero attached hydrogens (tertiary/aromatic N) is 2. The number of halogens is 2. The van der Waals surface area contributed by atoms with Crippen molar-refractivity contribution in [3.05, 3.63) is 52.7 Å². The van der Waals surface area contributed by atoms with E-state index < -0.39 is 0 Å². The maximum atomic E-state index is 6.05. The van der Waals surface area contributed by atoms with Gasteiger partial charge in [0.2, 0.25) is 0 Å². The molecule has 1 aromatic heterocycles. The zero-order valence-corrected chi connectivity index (χ0v) is 12.5. The van der Waals surface area contributed by atoms with Crippen molar-refractivity contribution in [1.29, 1.82) is 0 Å². The summed E-state index contributed by atoms with van der Waals surface area (Å²) in [5.74, 6) is 1.26. The van der Waals surface area contributed by atoms with E-state index >= 15 is 0 Å². The van der Waals surface area contributed by atoms with Gasteiger partial charge in [-0.25, -0.2) is 4.98 Å². The third-order valence-corrected chi connectivity index (χ3v) is 3.60. The summed E-state index contributed by atoms with van der Waals surface area (Å²) >= 11 is 11.9. The second-order valence-electron chi connectivity index (χ2n) is 4.35. The lowest BCUT2D eigenvalue weighted by Crippen LogP contribution is -2.17. The van der Waals surface area contributed by atoms with E-state index in [1.165, 1.54) is 5.56 Å². The number of anilines is 2. The first kappa shape index (κ1) is 14.2. The molecule has 0 N–H and O–H groups in total. The number of rotatable bonds is 4. The summed E-state index contributed by atoms with van der Waals surface area (Å²) in [4.78, 5) is 6.54.